The molecule has 0 aliphatic rings. The maximum Gasteiger partial charge on any atom is 0.228 e. The molecule has 0 aliphatic carbocycles. The second kappa shape index (κ2) is 9.06. The molecule has 0 amide bonds. The number of aromatic nitrogens is 2. The van der Waals surface area contributed by atoms with Gasteiger partial charge in [-0.25, -0.2) is 4.98 Å². The summed E-state index contributed by atoms with van der Waals surface area (Å²) in [5.41, 5.74) is 3.19. The Bertz CT molecular complexity index is 1020. The molecule has 146 valence electrons. The first-order chi connectivity index (χ1) is 14.3. The lowest BCUT2D eigenvalue weighted by molar-refractivity contribution is 0.518. The molecule has 0 saturated carbocycles. The molecule has 0 aliphatic heterocycles. The minimum Gasteiger partial charge on any atom is -0.467 e. The first-order valence-electron chi connectivity index (χ1n) is 9.81. The predicted octanol–water partition coefficient (Wildman–Crippen LogP) is 5.38. The molecule has 5 heteroatoms. The molecule has 1 N–H and O–H groups in total. The van der Waals surface area contributed by atoms with Crippen molar-refractivity contribution >= 4 is 11.8 Å². The third kappa shape index (κ3) is 4.82. The van der Waals surface area contributed by atoms with Crippen LogP contribution in [0.3, 0.4) is 0 Å². The molecule has 0 radical (unpaired) electrons. The predicted molar refractivity (Wildman–Crippen MR) is 117 cm³/mol. The fourth-order valence-corrected chi connectivity index (χ4v) is 3.14. The molecule has 0 fully saturated rings. The van der Waals surface area contributed by atoms with Gasteiger partial charge in [0, 0.05) is 24.7 Å². The van der Waals surface area contributed by atoms with Crippen molar-refractivity contribution < 1.29 is 4.42 Å². The third-order valence-electron chi connectivity index (χ3n) is 4.69. The standard InChI is InChI=1S/C24H24N4O/c1-2-28(18-19-10-5-3-6-11-19)24-26-22(20-12-7-4-8-13-20)16-23(27-24)25-17-21-14-9-15-29-21/h3-16H,2,17-18H2,1H3,(H,25,26,27). The van der Waals surface area contributed by atoms with Gasteiger partial charge in [-0.2, -0.15) is 4.98 Å². The molecule has 0 bridgehead atoms. The van der Waals surface area contributed by atoms with Crippen LogP contribution < -0.4 is 10.2 Å². The first kappa shape index (κ1) is 18.7. The summed E-state index contributed by atoms with van der Waals surface area (Å²) < 4.78 is 5.43. The van der Waals surface area contributed by atoms with E-state index in [1.165, 1.54) is 5.56 Å². The molecule has 2 heterocycles. The van der Waals surface area contributed by atoms with Gasteiger partial charge in [-0.3, -0.25) is 0 Å². The van der Waals surface area contributed by atoms with Gasteiger partial charge in [0.05, 0.1) is 18.5 Å². The minimum atomic E-state index is 0.572. The number of anilines is 2. The first-order valence-corrected chi connectivity index (χ1v) is 9.81. The van der Waals surface area contributed by atoms with Gasteiger partial charge in [0.25, 0.3) is 0 Å². The summed E-state index contributed by atoms with van der Waals surface area (Å²) in [6, 6.07) is 26.4. The topological polar surface area (TPSA) is 54.2 Å². The maximum absolute atomic E-state index is 5.43. The van der Waals surface area contributed by atoms with Crippen LogP contribution in [0.4, 0.5) is 11.8 Å². The fourth-order valence-electron chi connectivity index (χ4n) is 3.14. The highest BCUT2D eigenvalue weighted by atomic mass is 16.3. The van der Waals surface area contributed by atoms with E-state index in [1.807, 2.05) is 42.5 Å². The van der Waals surface area contributed by atoms with E-state index in [2.05, 4.69) is 53.5 Å². The highest BCUT2D eigenvalue weighted by Crippen LogP contribution is 2.24. The van der Waals surface area contributed by atoms with Crippen LogP contribution in [-0.2, 0) is 13.1 Å². The SMILES string of the molecule is CCN(Cc1ccccc1)c1nc(NCc2ccco2)cc(-c2ccccc2)n1. The molecule has 29 heavy (non-hydrogen) atoms. The quantitative estimate of drug-likeness (QED) is 0.442. The molecule has 5 nitrogen and oxygen atoms in total. The zero-order valence-corrected chi connectivity index (χ0v) is 16.5. The molecule has 4 rings (SSSR count). The molecule has 0 unspecified atom stereocenters. The molecule has 4 aromatic rings. The van der Waals surface area contributed by atoms with Crippen LogP contribution in [0.15, 0.2) is 89.5 Å². The lowest BCUT2D eigenvalue weighted by Crippen LogP contribution is -2.24. The van der Waals surface area contributed by atoms with Gasteiger partial charge in [0.15, 0.2) is 0 Å². The number of hydrogen-bond acceptors (Lipinski definition) is 5. The fraction of sp³-hybridized carbons (Fsp3) is 0.167. The number of benzene rings is 2. The largest absolute Gasteiger partial charge is 0.467 e. The molecule has 0 saturated heterocycles. The molecule has 0 atom stereocenters. The van der Waals surface area contributed by atoms with Crippen molar-refractivity contribution in [2.45, 2.75) is 20.0 Å². The normalized spacial score (nSPS) is 10.7. The van der Waals surface area contributed by atoms with E-state index in [4.69, 9.17) is 14.4 Å². The number of nitrogens with one attached hydrogen (secondary N) is 1. The average Bonchev–Trinajstić information content (AvgIpc) is 3.31. The van der Waals surface area contributed by atoms with E-state index < -0.39 is 0 Å². The Kier molecular flexibility index (Phi) is 5.86. The summed E-state index contributed by atoms with van der Waals surface area (Å²) in [7, 11) is 0. The van der Waals surface area contributed by atoms with Crippen LogP contribution in [0.25, 0.3) is 11.3 Å². The smallest absolute Gasteiger partial charge is 0.228 e. The van der Waals surface area contributed by atoms with Crippen molar-refractivity contribution in [2.75, 3.05) is 16.8 Å². The summed E-state index contributed by atoms with van der Waals surface area (Å²) in [6.45, 7) is 4.26. The van der Waals surface area contributed by atoms with Crippen molar-refractivity contribution in [3.05, 3.63) is 96.4 Å². The second-order valence-corrected chi connectivity index (χ2v) is 6.74. The van der Waals surface area contributed by atoms with Crippen LogP contribution in [0, 0.1) is 0 Å². The average molecular weight is 384 g/mol. The molecule has 0 spiro atoms. The Balaban J connectivity index is 1.66. The Morgan fingerprint density at radius 1 is 0.897 bits per heavy atom. The Hall–Kier alpha value is -3.60. The summed E-state index contributed by atoms with van der Waals surface area (Å²) in [5, 5.41) is 3.37. The van der Waals surface area contributed by atoms with E-state index >= 15 is 0 Å². The van der Waals surface area contributed by atoms with Gasteiger partial charge in [0.1, 0.15) is 11.6 Å². The Labute approximate surface area is 171 Å². The zero-order chi connectivity index (χ0) is 19.9. The second-order valence-electron chi connectivity index (χ2n) is 6.74. The Morgan fingerprint density at radius 3 is 2.34 bits per heavy atom. The van der Waals surface area contributed by atoms with Gasteiger partial charge in [-0.15, -0.1) is 0 Å². The number of rotatable bonds is 8. The number of hydrogen-bond donors (Lipinski definition) is 1. The third-order valence-corrected chi connectivity index (χ3v) is 4.69. The van der Waals surface area contributed by atoms with Gasteiger partial charge in [0.2, 0.25) is 5.95 Å². The van der Waals surface area contributed by atoms with Crippen molar-refractivity contribution in [2.24, 2.45) is 0 Å². The van der Waals surface area contributed by atoms with Crippen LogP contribution in [0.2, 0.25) is 0 Å². The molecular weight excluding hydrogens is 360 g/mol. The summed E-state index contributed by atoms with van der Waals surface area (Å²) in [4.78, 5) is 11.8. The van der Waals surface area contributed by atoms with Crippen LogP contribution >= 0.6 is 0 Å². The van der Waals surface area contributed by atoms with Gasteiger partial charge in [-0.1, -0.05) is 60.7 Å². The molecule has 2 aromatic heterocycles. The van der Waals surface area contributed by atoms with Gasteiger partial charge < -0.3 is 14.6 Å². The van der Waals surface area contributed by atoms with Crippen molar-refractivity contribution in [1.29, 1.82) is 0 Å². The van der Waals surface area contributed by atoms with Crippen molar-refractivity contribution in [1.82, 2.24) is 9.97 Å². The maximum atomic E-state index is 5.43. The monoisotopic (exact) mass is 384 g/mol. The zero-order valence-electron chi connectivity index (χ0n) is 16.5. The highest BCUT2D eigenvalue weighted by Gasteiger charge is 2.13. The van der Waals surface area contributed by atoms with Crippen LogP contribution in [-0.4, -0.2) is 16.5 Å². The summed E-state index contributed by atoms with van der Waals surface area (Å²) in [5.74, 6) is 2.35. The van der Waals surface area contributed by atoms with Gasteiger partial charge >= 0.3 is 0 Å². The lowest BCUT2D eigenvalue weighted by atomic mass is 10.1. The van der Waals surface area contributed by atoms with E-state index in [0.717, 1.165) is 35.9 Å². The van der Waals surface area contributed by atoms with E-state index in [1.54, 1.807) is 6.26 Å². The van der Waals surface area contributed by atoms with E-state index in [0.29, 0.717) is 12.5 Å². The Morgan fingerprint density at radius 2 is 1.66 bits per heavy atom. The van der Waals surface area contributed by atoms with Gasteiger partial charge in [-0.05, 0) is 24.6 Å². The lowest BCUT2D eigenvalue weighted by Gasteiger charge is -2.22. The van der Waals surface area contributed by atoms with Crippen LogP contribution in [0.1, 0.15) is 18.2 Å². The molecular formula is C24H24N4O. The van der Waals surface area contributed by atoms with E-state index in [9.17, 15) is 0 Å². The highest BCUT2D eigenvalue weighted by molar-refractivity contribution is 5.64. The van der Waals surface area contributed by atoms with Crippen LogP contribution in [0.5, 0.6) is 0 Å². The van der Waals surface area contributed by atoms with Crippen molar-refractivity contribution in [3.63, 3.8) is 0 Å². The minimum absolute atomic E-state index is 0.572. The summed E-state index contributed by atoms with van der Waals surface area (Å²) in [6.07, 6.45) is 1.68. The van der Waals surface area contributed by atoms with Crippen molar-refractivity contribution in [3.8, 4) is 11.3 Å². The summed E-state index contributed by atoms with van der Waals surface area (Å²) >= 11 is 0. The number of furan rings is 1. The molecule has 2 aromatic carbocycles. The number of nitrogens with zero attached hydrogens (tertiary/aromatic N) is 3. The van der Waals surface area contributed by atoms with E-state index in [-0.39, 0.29) is 0 Å².